The third kappa shape index (κ3) is 9.12. The van der Waals surface area contributed by atoms with Crippen molar-refractivity contribution >= 4 is 46.9 Å². The summed E-state index contributed by atoms with van der Waals surface area (Å²) in [5, 5.41) is 4.33. The van der Waals surface area contributed by atoms with E-state index in [0.717, 1.165) is 12.1 Å². The van der Waals surface area contributed by atoms with Crippen LogP contribution in [0.2, 0.25) is 5.02 Å². The second-order valence-corrected chi connectivity index (χ2v) is 9.57. The molecule has 0 saturated carbocycles. The predicted octanol–water partition coefficient (Wildman–Crippen LogP) is 6.68. The normalized spacial score (nSPS) is 11.0. The maximum absolute atomic E-state index is 13.1. The van der Waals surface area contributed by atoms with Gasteiger partial charge in [-0.15, -0.1) is 0 Å². The number of carbonyl (C=O) groups is 3. The van der Waals surface area contributed by atoms with Crippen LogP contribution in [0.4, 0.5) is 29.3 Å². The van der Waals surface area contributed by atoms with Crippen LogP contribution >= 0.6 is 11.6 Å². The Balaban J connectivity index is 1.28. The molecule has 4 amide bonds. The molecule has 1 aromatic heterocycles. The van der Waals surface area contributed by atoms with Gasteiger partial charge in [-0.3, -0.25) is 25.4 Å². The van der Waals surface area contributed by atoms with Gasteiger partial charge in [0.05, 0.1) is 24.8 Å². The number of alkyl halides is 3. The second kappa shape index (κ2) is 14.8. The fourth-order valence-electron chi connectivity index (χ4n) is 3.81. The molecule has 4 N–H and O–H groups in total. The van der Waals surface area contributed by atoms with E-state index in [-0.39, 0.29) is 17.1 Å². The topological polar surface area (TPSA) is 140 Å². The Labute approximate surface area is 265 Å². The van der Waals surface area contributed by atoms with Crippen LogP contribution in [-0.2, 0) is 11.0 Å². The Bertz CT molecular complexity index is 1770. The third-order valence-electron chi connectivity index (χ3n) is 5.98. The Hall–Kier alpha value is -5.76. The molecule has 46 heavy (non-hydrogen) atoms. The summed E-state index contributed by atoms with van der Waals surface area (Å²) in [6.07, 6.45) is -0.596. The number of anilines is 2. The number of carbonyl (C=O) groups excluding carboxylic acids is 3. The number of benzene rings is 3. The molecule has 0 atom stereocenters. The maximum Gasteiger partial charge on any atom is 0.417 e. The fourth-order valence-corrected chi connectivity index (χ4v) is 4.03. The van der Waals surface area contributed by atoms with E-state index in [4.69, 9.17) is 25.8 Å². The number of rotatable bonds is 9. The highest BCUT2D eigenvalue weighted by Crippen LogP contribution is 2.36. The van der Waals surface area contributed by atoms with Crippen molar-refractivity contribution in [1.82, 2.24) is 15.8 Å². The van der Waals surface area contributed by atoms with Gasteiger partial charge in [0.25, 0.3) is 11.8 Å². The Kier molecular flexibility index (Phi) is 10.7. The molecule has 0 fully saturated rings. The van der Waals surface area contributed by atoms with Gasteiger partial charge in [0.15, 0.2) is 11.5 Å². The summed E-state index contributed by atoms with van der Waals surface area (Å²) < 4.78 is 55.4. The van der Waals surface area contributed by atoms with E-state index < -0.39 is 34.6 Å². The van der Waals surface area contributed by atoms with Crippen LogP contribution in [0.1, 0.15) is 21.6 Å². The zero-order chi connectivity index (χ0) is 33.3. The van der Waals surface area contributed by atoms with Crippen LogP contribution in [-0.4, -0.2) is 37.0 Å². The number of hydrazine groups is 1. The van der Waals surface area contributed by atoms with Crippen LogP contribution in [0.15, 0.2) is 85.1 Å². The minimum atomic E-state index is -4.68. The molecular formula is C31H25ClF3N5O6. The van der Waals surface area contributed by atoms with Crippen LogP contribution in [0.25, 0.3) is 6.08 Å². The van der Waals surface area contributed by atoms with Gasteiger partial charge in [0, 0.05) is 29.7 Å². The monoisotopic (exact) mass is 655 g/mol. The molecule has 0 aliphatic rings. The van der Waals surface area contributed by atoms with Crippen molar-refractivity contribution in [2.75, 3.05) is 24.9 Å². The first-order valence-electron chi connectivity index (χ1n) is 13.1. The molecule has 0 aliphatic carbocycles. The first-order chi connectivity index (χ1) is 21.9. The molecule has 0 spiro atoms. The van der Waals surface area contributed by atoms with E-state index in [1.165, 1.54) is 75.0 Å². The van der Waals surface area contributed by atoms with Crippen LogP contribution < -0.4 is 35.7 Å². The minimum absolute atomic E-state index is 0.0486. The molecule has 11 nitrogen and oxygen atoms in total. The standard InChI is InChI=1S/C31H25ClF3N5O6/c1-44-26-11-3-18(15-27(26)45-2)4-12-28(41)39-40-29(42)25-17-22(13-14-36-25)46-21-8-5-19(6-9-21)37-30(43)38-20-7-10-24(32)23(16-20)31(33,34)35/h3-17H,1-2H3,(H,39,41)(H,40,42)(H2,37,38,43)/b12-4+. The molecule has 0 unspecified atom stereocenters. The van der Waals surface area contributed by atoms with Crippen molar-refractivity contribution in [3.05, 3.63) is 107 Å². The number of hydrogen-bond donors (Lipinski definition) is 4. The first-order valence-corrected chi connectivity index (χ1v) is 13.5. The van der Waals surface area contributed by atoms with Gasteiger partial charge in [-0.25, -0.2) is 4.79 Å². The number of amides is 4. The zero-order valence-electron chi connectivity index (χ0n) is 24.1. The highest BCUT2D eigenvalue weighted by Gasteiger charge is 2.33. The van der Waals surface area contributed by atoms with E-state index >= 15 is 0 Å². The molecule has 0 bridgehead atoms. The lowest BCUT2D eigenvalue weighted by Crippen LogP contribution is -2.41. The SMILES string of the molecule is COc1ccc(/C=C/C(=O)NNC(=O)c2cc(Oc3ccc(NC(=O)Nc4ccc(Cl)c(C(F)(F)F)c4)cc3)ccn2)cc1OC. The fraction of sp³-hybridized carbons (Fsp3) is 0.0968. The van der Waals surface area contributed by atoms with Gasteiger partial charge in [-0.05, 0) is 72.3 Å². The van der Waals surface area contributed by atoms with Gasteiger partial charge in [-0.1, -0.05) is 17.7 Å². The summed E-state index contributed by atoms with van der Waals surface area (Å²) in [6, 6.07) is 16.2. The van der Waals surface area contributed by atoms with Gasteiger partial charge in [0.2, 0.25) is 0 Å². The number of hydrogen-bond acceptors (Lipinski definition) is 7. The third-order valence-corrected chi connectivity index (χ3v) is 6.31. The van der Waals surface area contributed by atoms with Gasteiger partial charge >= 0.3 is 12.2 Å². The molecule has 4 aromatic rings. The van der Waals surface area contributed by atoms with Gasteiger partial charge in [0.1, 0.15) is 17.2 Å². The largest absolute Gasteiger partial charge is 0.493 e. The molecule has 15 heteroatoms. The molecule has 1 heterocycles. The van der Waals surface area contributed by atoms with Crippen molar-refractivity contribution < 1.29 is 41.8 Å². The lowest BCUT2D eigenvalue weighted by Gasteiger charge is -2.12. The summed E-state index contributed by atoms with van der Waals surface area (Å²) in [6.45, 7) is 0. The summed E-state index contributed by atoms with van der Waals surface area (Å²) in [5.41, 5.74) is 4.29. The number of aromatic nitrogens is 1. The minimum Gasteiger partial charge on any atom is -0.493 e. The summed E-state index contributed by atoms with van der Waals surface area (Å²) in [5.74, 6) is 0.316. The number of ether oxygens (including phenoxy) is 3. The number of urea groups is 1. The molecule has 0 saturated heterocycles. The molecule has 3 aromatic carbocycles. The van der Waals surface area contributed by atoms with Crippen LogP contribution in [0, 0.1) is 0 Å². The number of nitrogens with one attached hydrogen (secondary N) is 4. The second-order valence-electron chi connectivity index (χ2n) is 9.17. The number of pyridine rings is 1. The van der Waals surface area contributed by atoms with Crippen molar-refractivity contribution in [3.63, 3.8) is 0 Å². The molecule has 0 aliphatic heterocycles. The van der Waals surface area contributed by atoms with E-state index in [0.29, 0.717) is 28.5 Å². The smallest absolute Gasteiger partial charge is 0.417 e. The molecular weight excluding hydrogens is 631 g/mol. The number of halogens is 4. The highest BCUT2D eigenvalue weighted by atomic mass is 35.5. The Morgan fingerprint density at radius 3 is 2.20 bits per heavy atom. The summed E-state index contributed by atoms with van der Waals surface area (Å²) in [7, 11) is 3.00. The van der Waals surface area contributed by atoms with Crippen LogP contribution in [0.3, 0.4) is 0 Å². The Morgan fingerprint density at radius 2 is 1.50 bits per heavy atom. The van der Waals surface area contributed by atoms with E-state index in [2.05, 4.69) is 26.5 Å². The summed E-state index contributed by atoms with van der Waals surface area (Å²) in [4.78, 5) is 41.0. The van der Waals surface area contributed by atoms with E-state index in [1.54, 1.807) is 18.2 Å². The van der Waals surface area contributed by atoms with Crippen molar-refractivity contribution in [1.29, 1.82) is 0 Å². The quantitative estimate of drug-likeness (QED) is 0.116. The molecule has 238 valence electrons. The lowest BCUT2D eigenvalue weighted by atomic mass is 10.2. The average molecular weight is 656 g/mol. The average Bonchev–Trinajstić information content (AvgIpc) is 3.03. The van der Waals surface area contributed by atoms with E-state index in [9.17, 15) is 27.6 Å². The molecule has 4 rings (SSSR count). The van der Waals surface area contributed by atoms with Gasteiger partial charge < -0.3 is 24.8 Å². The predicted molar refractivity (Wildman–Crippen MR) is 164 cm³/mol. The number of methoxy groups -OCH3 is 2. The maximum atomic E-state index is 13.1. The lowest BCUT2D eigenvalue weighted by molar-refractivity contribution is -0.137. The van der Waals surface area contributed by atoms with Crippen molar-refractivity contribution in [3.8, 4) is 23.0 Å². The number of nitrogens with zero attached hydrogens (tertiary/aromatic N) is 1. The zero-order valence-corrected chi connectivity index (χ0v) is 24.8. The Morgan fingerprint density at radius 1 is 0.804 bits per heavy atom. The molecule has 0 radical (unpaired) electrons. The van der Waals surface area contributed by atoms with Crippen molar-refractivity contribution in [2.24, 2.45) is 0 Å². The summed E-state index contributed by atoms with van der Waals surface area (Å²) >= 11 is 5.61. The van der Waals surface area contributed by atoms with Crippen LogP contribution in [0.5, 0.6) is 23.0 Å². The first kappa shape index (κ1) is 33.1. The van der Waals surface area contributed by atoms with E-state index in [1.807, 2.05) is 0 Å². The highest BCUT2D eigenvalue weighted by molar-refractivity contribution is 6.31. The van der Waals surface area contributed by atoms with Gasteiger partial charge in [-0.2, -0.15) is 13.2 Å². The van der Waals surface area contributed by atoms with Crippen molar-refractivity contribution in [2.45, 2.75) is 6.18 Å².